The zero-order valence-electron chi connectivity index (χ0n) is 11.7. The molecule has 0 saturated carbocycles. The molecular formula is C13H25N3. The Morgan fingerprint density at radius 3 is 1.81 bits per heavy atom. The van der Waals surface area contributed by atoms with Gasteiger partial charge in [0, 0.05) is 11.4 Å². The smallest absolute Gasteiger partial charge is 0.142 e. The molecule has 0 saturated heterocycles. The van der Waals surface area contributed by atoms with Crippen LogP contribution < -0.4 is 5.32 Å². The quantitative estimate of drug-likeness (QED) is 0.856. The van der Waals surface area contributed by atoms with E-state index in [0.717, 1.165) is 23.8 Å². The second-order valence-electron chi connectivity index (χ2n) is 3.91. The standard InChI is InChI=1S/C11H19N3.C2H6/c1-7(2)11-8(3)13-10(6-12-5)14-9(11)4;1-2/h7,12H,6H2,1-5H3;1-2H3. The van der Waals surface area contributed by atoms with E-state index in [1.54, 1.807) is 0 Å². The Bertz CT molecular complexity index is 296. The fourth-order valence-corrected chi connectivity index (χ4v) is 1.87. The van der Waals surface area contributed by atoms with E-state index in [1.807, 2.05) is 20.9 Å². The van der Waals surface area contributed by atoms with Crippen LogP contribution in [0, 0.1) is 13.8 Å². The maximum atomic E-state index is 4.47. The molecule has 1 aromatic heterocycles. The van der Waals surface area contributed by atoms with E-state index in [-0.39, 0.29) is 0 Å². The van der Waals surface area contributed by atoms with E-state index in [1.165, 1.54) is 5.56 Å². The van der Waals surface area contributed by atoms with Gasteiger partial charge in [0.25, 0.3) is 0 Å². The average molecular weight is 223 g/mol. The van der Waals surface area contributed by atoms with Gasteiger partial charge in [-0.25, -0.2) is 9.97 Å². The molecule has 0 radical (unpaired) electrons. The van der Waals surface area contributed by atoms with E-state index in [0.29, 0.717) is 5.92 Å². The lowest BCUT2D eigenvalue weighted by Crippen LogP contribution is -2.13. The topological polar surface area (TPSA) is 37.8 Å². The first-order valence-corrected chi connectivity index (χ1v) is 6.04. The average Bonchev–Trinajstić information content (AvgIpc) is 2.19. The third kappa shape index (κ3) is 3.89. The number of nitrogens with zero attached hydrogens (tertiary/aromatic N) is 2. The van der Waals surface area contributed by atoms with Crippen molar-refractivity contribution in [2.24, 2.45) is 0 Å². The van der Waals surface area contributed by atoms with Gasteiger partial charge in [-0.2, -0.15) is 0 Å². The van der Waals surface area contributed by atoms with Crippen LogP contribution in [0.4, 0.5) is 0 Å². The molecule has 0 aliphatic carbocycles. The summed E-state index contributed by atoms with van der Waals surface area (Å²) in [4.78, 5) is 8.94. The van der Waals surface area contributed by atoms with Crippen molar-refractivity contribution in [1.82, 2.24) is 15.3 Å². The molecule has 0 unspecified atom stereocenters. The van der Waals surface area contributed by atoms with Gasteiger partial charge in [0.1, 0.15) is 5.82 Å². The van der Waals surface area contributed by atoms with Crippen LogP contribution in [-0.4, -0.2) is 17.0 Å². The Morgan fingerprint density at radius 1 is 1.06 bits per heavy atom. The summed E-state index contributed by atoms with van der Waals surface area (Å²) < 4.78 is 0. The number of rotatable bonds is 3. The minimum atomic E-state index is 0.499. The van der Waals surface area contributed by atoms with Crippen molar-refractivity contribution in [3.8, 4) is 0 Å². The SMILES string of the molecule is CC.CNCc1nc(C)c(C(C)C)c(C)n1. The molecule has 0 atom stereocenters. The summed E-state index contributed by atoms with van der Waals surface area (Å²) in [6, 6.07) is 0. The van der Waals surface area contributed by atoms with Crippen molar-refractivity contribution >= 4 is 0 Å². The highest BCUT2D eigenvalue weighted by atomic mass is 15.0. The van der Waals surface area contributed by atoms with Gasteiger partial charge < -0.3 is 5.32 Å². The molecule has 1 heterocycles. The summed E-state index contributed by atoms with van der Waals surface area (Å²) in [5.74, 6) is 1.38. The molecular weight excluding hydrogens is 198 g/mol. The second-order valence-corrected chi connectivity index (χ2v) is 3.91. The fourth-order valence-electron chi connectivity index (χ4n) is 1.87. The van der Waals surface area contributed by atoms with Crippen molar-refractivity contribution in [2.45, 2.75) is 54.0 Å². The summed E-state index contributed by atoms with van der Waals surface area (Å²) >= 11 is 0. The van der Waals surface area contributed by atoms with Gasteiger partial charge in [0.2, 0.25) is 0 Å². The first kappa shape index (κ1) is 15.0. The maximum Gasteiger partial charge on any atom is 0.142 e. The minimum Gasteiger partial charge on any atom is -0.313 e. The molecule has 1 aromatic rings. The van der Waals surface area contributed by atoms with Gasteiger partial charge in [-0.05, 0) is 32.4 Å². The van der Waals surface area contributed by atoms with Crippen molar-refractivity contribution < 1.29 is 0 Å². The van der Waals surface area contributed by atoms with Crippen molar-refractivity contribution in [1.29, 1.82) is 0 Å². The van der Waals surface area contributed by atoms with Gasteiger partial charge in [0.15, 0.2) is 0 Å². The Balaban J connectivity index is 0.00000106. The number of nitrogens with one attached hydrogen (secondary N) is 1. The Hall–Kier alpha value is -0.960. The van der Waals surface area contributed by atoms with E-state index in [4.69, 9.17) is 0 Å². The molecule has 1 rings (SSSR count). The minimum absolute atomic E-state index is 0.499. The lowest BCUT2D eigenvalue weighted by Gasteiger charge is -2.13. The predicted molar refractivity (Wildman–Crippen MR) is 69.7 cm³/mol. The van der Waals surface area contributed by atoms with Crippen LogP contribution >= 0.6 is 0 Å². The zero-order valence-corrected chi connectivity index (χ0v) is 11.7. The van der Waals surface area contributed by atoms with E-state index < -0.39 is 0 Å². The van der Waals surface area contributed by atoms with E-state index >= 15 is 0 Å². The Morgan fingerprint density at radius 2 is 1.50 bits per heavy atom. The first-order valence-electron chi connectivity index (χ1n) is 6.04. The molecule has 0 aliphatic heterocycles. The van der Waals surface area contributed by atoms with Gasteiger partial charge in [-0.1, -0.05) is 27.7 Å². The van der Waals surface area contributed by atoms with Crippen LogP contribution in [0.1, 0.15) is 56.4 Å². The molecule has 0 fully saturated rings. The highest BCUT2D eigenvalue weighted by molar-refractivity contribution is 5.27. The van der Waals surface area contributed by atoms with Gasteiger partial charge in [-0.15, -0.1) is 0 Å². The highest BCUT2D eigenvalue weighted by Crippen LogP contribution is 2.20. The lowest BCUT2D eigenvalue weighted by molar-refractivity contribution is 0.725. The molecule has 92 valence electrons. The maximum absolute atomic E-state index is 4.47. The normalized spacial score (nSPS) is 10.0. The fraction of sp³-hybridized carbons (Fsp3) is 0.692. The molecule has 3 heteroatoms. The molecule has 3 nitrogen and oxygen atoms in total. The summed E-state index contributed by atoms with van der Waals surface area (Å²) in [6.45, 7) is 13.2. The van der Waals surface area contributed by atoms with Crippen molar-refractivity contribution in [3.05, 3.63) is 22.8 Å². The second kappa shape index (κ2) is 7.34. The summed E-state index contributed by atoms with van der Waals surface area (Å²) in [5.41, 5.74) is 3.50. The first-order chi connectivity index (χ1) is 7.56. The van der Waals surface area contributed by atoms with Crippen LogP contribution in [0.3, 0.4) is 0 Å². The summed E-state index contributed by atoms with van der Waals surface area (Å²) in [6.07, 6.45) is 0. The monoisotopic (exact) mass is 223 g/mol. The summed E-state index contributed by atoms with van der Waals surface area (Å²) in [5, 5.41) is 3.06. The largest absolute Gasteiger partial charge is 0.313 e. The lowest BCUT2D eigenvalue weighted by atomic mass is 10.0. The molecule has 16 heavy (non-hydrogen) atoms. The number of aromatic nitrogens is 2. The third-order valence-electron chi connectivity index (χ3n) is 2.29. The number of hydrogen-bond acceptors (Lipinski definition) is 3. The number of hydrogen-bond donors (Lipinski definition) is 1. The van der Waals surface area contributed by atoms with Gasteiger partial charge >= 0.3 is 0 Å². The summed E-state index contributed by atoms with van der Waals surface area (Å²) in [7, 11) is 1.91. The van der Waals surface area contributed by atoms with Crippen molar-refractivity contribution in [2.75, 3.05) is 7.05 Å². The van der Waals surface area contributed by atoms with Gasteiger partial charge in [-0.3, -0.25) is 0 Å². The zero-order chi connectivity index (χ0) is 12.7. The highest BCUT2D eigenvalue weighted by Gasteiger charge is 2.10. The number of aryl methyl sites for hydroxylation is 2. The Kier molecular flexibility index (Phi) is 6.90. The molecule has 0 bridgehead atoms. The predicted octanol–water partition coefficient (Wildman–Crippen LogP) is 2.96. The van der Waals surface area contributed by atoms with Crippen LogP contribution in [0.5, 0.6) is 0 Å². The van der Waals surface area contributed by atoms with Gasteiger partial charge in [0.05, 0.1) is 6.54 Å². The third-order valence-corrected chi connectivity index (χ3v) is 2.29. The van der Waals surface area contributed by atoms with Crippen LogP contribution in [0.25, 0.3) is 0 Å². The molecule has 0 amide bonds. The molecule has 1 N–H and O–H groups in total. The van der Waals surface area contributed by atoms with E-state index in [9.17, 15) is 0 Å². The van der Waals surface area contributed by atoms with Crippen LogP contribution in [0.15, 0.2) is 0 Å². The van der Waals surface area contributed by atoms with Crippen molar-refractivity contribution in [3.63, 3.8) is 0 Å². The van der Waals surface area contributed by atoms with Crippen LogP contribution in [-0.2, 0) is 6.54 Å². The Labute approximate surface area is 99.7 Å². The molecule has 0 aromatic carbocycles. The van der Waals surface area contributed by atoms with E-state index in [2.05, 4.69) is 43.0 Å². The van der Waals surface area contributed by atoms with Crippen LogP contribution in [0.2, 0.25) is 0 Å². The molecule has 0 spiro atoms. The molecule has 0 aliphatic rings.